The summed E-state index contributed by atoms with van der Waals surface area (Å²) in [5, 5.41) is 6.31. The zero-order valence-corrected chi connectivity index (χ0v) is 13.2. The zero-order chi connectivity index (χ0) is 15.2. The van der Waals surface area contributed by atoms with E-state index in [-0.39, 0.29) is 18.6 Å². The van der Waals surface area contributed by atoms with Crippen molar-refractivity contribution in [3.05, 3.63) is 29.3 Å². The fourth-order valence-electron chi connectivity index (χ4n) is 2.67. The minimum Gasteiger partial charge on any atom is -0.368 e. The minimum absolute atomic E-state index is 0.0651. The average molecular weight is 290 g/mol. The largest absolute Gasteiger partial charge is 0.368 e. The highest BCUT2D eigenvalue weighted by Crippen LogP contribution is 2.27. The molecule has 0 atom stereocenters. The van der Waals surface area contributed by atoms with Gasteiger partial charge in [0, 0.05) is 5.69 Å². The second kappa shape index (κ2) is 7.57. The predicted molar refractivity (Wildman–Crippen MR) is 85.7 cm³/mol. The van der Waals surface area contributed by atoms with Gasteiger partial charge >= 0.3 is 0 Å². The number of carbonyl (C=O) groups excluding carboxylic acids is 1. The van der Waals surface area contributed by atoms with Gasteiger partial charge in [-0.25, -0.2) is 0 Å². The van der Waals surface area contributed by atoms with Crippen molar-refractivity contribution in [2.24, 2.45) is 0 Å². The molecular weight excluding hydrogens is 264 g/mol. The van der Waals surface area contributed by atoms with Crippen LogP contribution >= 0.6 is 0 Å². The van der Waals surface area contributed by atoms with Gasteiger partial charge in [0.1, 0.15) is 6.61 Å². The monoisotopic (exact) mass is 290 g/mol. The third-order valence-corrected chi connectivity index (χ3v) is 3.93. The molecule has 2 N–H and O–H groups in total. The maximum absolute atomic E-state index is 12.1. The Bertz CT molecular complexity index is 480. The maximum Gasteiger partial charge on any atom is 0.250 e. The van der Waals surface area contributed by atoms with E-state index >= 15 is 0 Å². The number of para-hydroxylation sites is 1. The molecule has 0 unspecified atom stereocenters. The predicted octanol–water partition coefficient (Wildman–Crippen LogP) is 2.83. The highest BCUT2D eigenvalue weighted by Gasteiger charge is 2.16. The topological polar surface area (TPSA) is 50.4 Å². The SMILES string of the molecule is Cc1cccc(C(C)C)c1NC(=O)COC1CCNCC1. The molecule has 2 rings (SSSR count). The summed E-state index contributed by atoms with van der Waals surface area (Å²) < 4.78 is 5.71. The van der Waals surface area contributed by atoms with Crippen LogP contribution in [0.1, 0.15) is 43.7 Å². The molecule has 1 saturated heterocycles. The minimum atomic E-state index is -0.0651. The van der Waals surface area contributed by atoms with E-state index in [0.717, 1.165) is 37.2 Å². The van der Waals surface area contributed by atoms with Crippen molar-refractivity contribution < 1.29 is 9.53 Å². The van der Waals surface area contributed by atoms with Gasteiger partial charge in [0.15, 0.2) is 0 Å². The molecule has 1 heterocycles. The lowest BCUT2D eigenvalue weighted by Crippen LogP contribution is -2.34. The summed E-state index contributed by atoms with van der Waals surface area (Å²) in [4.78, 5) is 12.1. The molecule has 0 aromatic heterocycles. The van der Waals surface area contributed by atoms with E-state index in [9.17, 15) is 4.79 Å². The number of hydrogen-bond donors (Lipinski definition) is 2. The van der Waals surface area contributed by atoms with Gasteiger partial charge in [0.2, 0.25) is 5.91 Å². The van der Waals surface area contributed by atoms with Crippen LogP contribution in [0.15, 0.2) is 18.2 Å². The van der Waals surface area contributed by atoms with Crippen LogP contribution in [0.2, 0.25) is 0 Å². The second-order valence-electron chi connectivity index (χ2n) is 6.00. The molecule has 0 aliphatic carbocycles. The number of benzene rings is 1. The first-order valence-corrected chi connectivity index (χ1v) is 7.79. The normalized spacial score (nSPS) is 16.2. The molecule has 4 nitrogen and oxygen atoms in total. The standard InChI is InChI=1S/C17H26N2O2/c1-12(2)15-6-4-5-13(3)17(15)19-16(20)11-21-14-7-9-18-10-8-14/h4-6,12,14,18H,7-11H2,1-3H3,(H,19,20). The number of aryl methyl sites for hydroxylation is 1. The van der Waals surface area contributed by atoms with E-state index in [0.29, 0.717) is 5.92 Å². The third-order valence-electron chi connectivity index (χ3n) is 3.93. The molecule has 116 valence electrons. The maximum atomic E-state index is 12.1. The van der Waals surface area contributed by atoms with Crippen LogP contribution in [-0.2, 0) is 9.53 Å². The van der Waals surface area contributed by atoms with E-state index in [4.69, 9.17) is 4.74 Å². The molecule has 1 aromatic carbocycles. The number of anilines is 1. The van der Waals surface area contributed by atoms with Crippen LogP contribution in [0.25, 0.3) is 0 Å². The smallest absolute Gasteiger partial charge is 0.250 e. The van der Waals surface area contributed by atoms with Crippen molar-refractivity contribution >= 4 is 11.6 Å². The molecule has 1 amide bonds. The van der Waals surface area contributed by atoms with Gasteiger partial charge in [-0.15, -0.1) is 0 Å². The summed E-state index contributed by atoms with van der Waals surface area (Å²) in [5.41, 5.74) is 3.20. The van der Waals surface area contributed by atoms with Crippen molar-refractivity contribution in [2.45, 2.75) is 45.6 Å². The highest BCUT2D eigenvalue weighted by atomic mass is 16.5. The van der Waals surface area contributed by atoms with Gasteiger partial charge in [0.05, 0.1) is 6.10 Å². The first kappa shape index (κ1) is 16.0. The Morgan fingerprint density at radius 1 is 1.38 bits per heavy atom. The third kappa shape index (κ3) is 4.55. The quantitative estimate of drug-likeness (QED) is 0.876. The Morgan fingerprint density at radius 2 is 2.10 bits per heavy atom. The molecule has 0 spiro atoms. The van der Waals surface area contributed by atoms with Crippen molar-refractivity contribution in [2.75, 3.05) is 25.0 Å². The molecule has 0 bridgehead atoms. The van der Waals surface area contributed by atoms with Gasteiger partial charge < -0.3 is 15.4 Å². The van der Waals surface area contributed by atoms with Crippen LogP contribution in [-0.4, -0.2) is 31.7 Å². The van der Waals surface area contributed by atoms with Gasteiger partial charge in [-0.05, 0) is 49.9 Å². The molecule has 1 aromatic rings. The van der Waals surface area contributed by atoms with Gasteiger partial charge in [0.25, 0.3) is 0 Å². The van der Waals surface area contributed by atoms with Crippen molar-refractivity contribution in [1.82, 2.24) is 5.32 Å². The van der Waals surface area contributed by atoms with Crippen molar-refractivity contribution in [1.29, 1.82) is 0 Å². The summed E-state index contributed by atoms with van der Waals surface area (Å²) in [6, 6.07) is 6.13. The second-order valence-corrected chi connectivity index (χ2v) is 6.00. The highest BCUT2D eigenvalue weighted by molar-refractivity contribution is 5.93. The van der Waals surface area contributed by atoms with E-state index in [1.165, 1.54) is 5.56 Å². The fraction of sp³-hybridized carbons (Fsp3) is 0.588. The lowest BCUT2D eigenvalue weighted by molar-refractivity contribution is -0.123. The number of ether oxygens (including phenoxy) is 1. The van der Waals surface area contributed by atoms with Gasteiger partial charge in [-0.3, -0.25) is 4.79 Å². The van der Waals surface area contributed by atoms with Crippen LogP contribution in [0.4, 0.5) is 5.69 Å². The number of piperidine rings is 1. The lowest BCUT2D eigenvalue weighted by atomic mass is 9.98. The molecule has 0 radical (unpaired) electrons. The summed E-state index contributed by atoms with van der Waals surface area (Å²) >= 11 is 0. The Hall–Kier alpha value is -1.39. The summed E-state index contributed by atoms with van der Waals surface area (Å²) in [5.74, 6) is 0.315. The molecule has 4 heteroatoms. The van der Waals surface area contributed by atoms with E-state index in [2.05, 4.69) is 30.5 Å². The van der Waals surface area contributed by atoms with Crippen molar-refractivity contribution in [3.63, 3.8) is 0 Å². The number of amides is 1. The molecule has 1 aliphatic rings. The fourth-order valence-corrected chi connectivity index (χ4v) is 2.67. The van der Waals surface area contributed by atoms with Crippen LogP contribution in [0.3, 0.4) is 0 Å². The molecule has 1 fully saturated rings. The Morgan fingerprint density at radius 3 is 2.76 bits per heavy atom. The van der Waals surface area contributed by atoms with Crippen LogP contribution in [0.5, 0.6) is 0 Å². The Labute approximate surface area is 127 Å². The van der Waals surface area contributed by atoms with E-state index < -0.39 is 0 Å². The first-order chi connectivity index (χ1) is 10.1. The molecule has 1 aliphatic heterocycles. The Balaban J connectivity index is 1.93. The number of nitrogens with one attached hydrogen (secondary N) is 2. The number of hydrogen-bond acceptors (Lipinski definition) is 3. The summed E-state index contributed by atoms with van der Waals surface area (Å²) in [6.07, 6.45) is 2.17. The van der Waals surface area contributed by atoms with Crippen LogP contribution < -0.4 is 10.6 Å². The lowest BCUT2D eigenvalue weighted by Gasteiger charge is -2.23. The number of rotatable bonds is 5. The van der Waals surface area contributed by atoms with Gasteiger partial charge in [-0.1, -0.05) is 32.0 Å². The first-order valence-electron chi connectivity index (χ1n) is 7.79. The molecular formula is C17H26N2O2. The van der Waals surface area contributed by atoms with Crippen LogP contribution in [0, 0.1) is 6.92 Å². The molecule has 21 heavy (non-hydrogen) atoms. The van der Waals surface area contributed by atoms with E-state index in [1.807, 2.05) is 19.1 Å². The summed E-state index contributed by atoms with van der Waals surface area (Å²) in [7, 11) is 0. The average Bonchev–Trinajstić information content (AvgIpc) is 2.48. The molecule has 0 saturated carbocycles. The summed E-state index contributed by atoms with van der Waals surface area (Å²) in [6.45, 7) is 8.38. The Kier molecular flexibility index (Phi) is 5.76. The number of carbonyl (C=O) groups is 1. The van der Waals surface area contributed by atoms with E-state index in [1.54, 1.807) is 0 Å². The zero-order valence-electron chi connectivity index (χ0n) is 13.2. The van der Waals surface area contributed by atoms with Crippen molar-refractivity contribution in [3.8, 4) is 0 Å². The van der Waals surface area contributed by atoms with Gasteiger partial charge in [-0.2, -0.15) is 0 Å².